The van der Waals surface area contributed by atoms with Crippen LogP contribution in [0, 0.1) is 0 Å². The molecule has 0 aliphatic carbocycles. The second-order valence-corrected chi connectivity index (χ2v) is 7.21. The normalized spacial score (nSPS) is 10.7. The van der Waals surface area contributed by atoms with Gasteiger partial charge in [0, 0.05) is 16.9 Å². The van der Waals surface area contributed by atoms with Crippen LogP contribution in [0.15, 0.2) is 103 Å². The van der Waals surface area contributed by atoms with Crippen molar-refractivity contribution in [1.82, 2.24) is 9.97 Å². The molecule has 31 heavy (non-hydrogen) atoms. The van der Waals surface area contributed by atoms with Crippen molar-refractivity contribution in [3.63, 3.8) is 0 Å². The van der Waals surface area contributed by atoms with E-state index >= 15 is 0 Å². The molecule has 4 aromatic carbocycles. The number of carbonyl (C=O) groups is 1. The van der Waals surface area contributed by atoms with Gasteiger partial charge in [-0.15, -0.1) is 0 Å². The fraction of sp³-hybridized carbons (Fsp3) is 0. The molecule has 0 spiro atoms. The molecular weight excluding hydrogens is 384 g/mol. The van der Waals surface area contributed by atoms with Gasteiger partial charge in [-0.25, -0.2) is 4.98 Å². The summed E-state index contributed by atoms with van der Waals surface area (Å²) in [6, 6.07) is 33.1. The van der Waals surface area contributed by atoms with Crippen molar-refractivity contribution in [3.8, 4) is 11.1 Å². The Morgan fingerprint density at radius 2 is 1.42 bits per heavy atom. The Bertz CT molecular complexity index is 1310. The second kappa shape index (κ2) is 8.16. The zero-order valence-electron chi connectivity index (χ0n) is 16.7. The van der Waals surface area contributed by atoms with E-state index in [4.69, 9.17) is 0 Å². The third-order valence-electron chi connectivity index (χ3n) is 5.03. The van der Waals surface area contributed by atoms with Crippen molar-refractivity contribution in [2.75, 3.05) is 10.6 Å². The van der Waals surface area contributed by atoms with Gasteiger partial charge in [-0.1, -0.05) is 60.7 Å². The Labute approximate surface area is 179 Å². The summed E-state index contributed by atoms with van der Waals surface area (Å²) < 4.78 is 0. The number of imidazole rings is 1. The third-order valence-corrected chi connectivity index (χ3v) is 5.03. The average molecular weight is 404 g/mol. The monoisotopic (exact) mass is 404 g/mol. The molecule has 150 valence electrons. The van der Waals surface area contributed by atoms with Crippen LogP contribution >= 0.6 is 0 Å². The molecule has 0 saturated carbocycles. The zero-order chi connectivity index (χ0) is 21.0. The lowest BCUT2D eigenvalue weighted by Gasteiger charge is -2.09. The van der Waals surface area contributed by atoms with Crippen LogP contribution < -0.4 is 10.6 Å². The van der Waals surface area contributed by atoms with E-state index in [9.17, 15) is 4.79 Å². The first-order valence-electron chi connectivity index (χ1n) is 10.0. The van der Waals surface area contributed by atoms with Gasteiger partial charge in [0.25, 0.3) is 5.91 Å². The molecule has 0 aliphatic rings. The first-order chi connectivity index (χ1) is 15.2. The van der Waals surface area contributed by atoms with E-state index < -0.39 is 0 Å². The summed E-state index contributed by atoms with van der Waals surface area (Å²) in [5.74, 6) is 0.502. The van der Waals surface area contributed by atoms with Crippen LogP contribution in [0.2, 0.25) is 0 Å². The van der Waals surface area contributed by atoms with E-state index in [0.717, 1.165) is 27.8 Å². The number of aromatic amines is 1. The van der Waals surface area contributed by atoms with Crippen LogP contribution in [-0.2, 0) is 0 Å². The lowest BCUT2D eigenvalue weighted by Crippen LogP contribution is -2.11. The van der Waals surface area contributed by atoms with Crippen molar-refractivity contribution in [1.29, 1.82) is 0 Å². The Balaban J connectivity index is 1.29. The molecule has 0 radical (unpaired) electrons. The number of amides is 1. The minimum atomic E-state index is -0.152. The third kappa shape index (κ3) is 4.16. The van der Waals surface area contributed by atoms with Gasteiger partial charge in [0.15, 0.2) is 0 Å². The molecule has 0 atom stereocenters. The summed E-state index contributed by atoms with van der Waals surface area (Å²) in [6.45, 7) is 0. The first kappa shape index (κ1) is 18.6. The summed E-state index contributed by atoms with van der Waals surface area (Å²) in [4.78, 5) is 20.5. The van der Waals surface area contributed by atoms with Gasteiger partial charge in [-0.2, -0.15) is 0 Å². The summed E-state index contributed by atoms with van der Waals surface area (Å²) in [6.07, 6.45) is 0. The molecule has 3 N–H and O–H groups in total. The Kier molecular flexibility index (Phi) is 4.91. The van der Waals surface area contributed by atoms with E-state index in [0.29, 0.717) is 17.2 Å². The van der Waals surface area contributed by atoms with Gasteiger partial charge in [-0.3, -0.25) is 4.79 Å². The number of benzene rings is 4. The second-order valence-electron chi connectivity index (χ2n) is 7.21. The van der Waals surface area contributed by atoms with E-state index in [1.165, 1.54) is 0 Å². The van der Waals surface area contributed by atoms with Crippen LogP contribution in [0.1, 0.15) is 10.4 Å². The van der Waals surface area contributed by atoms with Gasteiger partial charge in [0.05, 0.1) is 11.0 Å². The van der Waals surface area contributed by atoms with Crippen LogP contribution in [0.4, 0.5) is 17.3 Å². The van der Waals surface area contributed by atoms with Crippen LogP contribution in [0.3, 0.4) is 0 Å². The highest BCUT2D eigenvalue weighted by molar-refractivity contribution is 6.04. The molecule has 0 aliphatic heterocycles. The lowest BCUT2D eigenvalue weighted by molar-refractivity contribution is 0.102. The number of hydrogen-bond donors (Lipinski definition) is 3. The molecule has 1 heterocycles. The first-order valence-corrected chi connectivity index (χ1v) is 10.0. The highest BCUT2D eigenvalue weighted by atomic mass is 16.1. The van der Waals surface area contributed by atoms with Crippen LogP contribution in [-0.4, -0.2) is 15.9 Å². The fourth-order valence-electron chi connectivity index (χ4n) is 3.47. The summed E-state index contributed by atoms with van der Waals surface area (Å²) in [7, 11) is 0. The average Bonchev–Trinajstić information content (AvgIpc) is 3.22. The standard InChI is InChI=1S/C26H20N4O/c31-25(20-15-13-19(14-16-20)18-7-2-1-3-8-18)27-21-9-6-10-22(17-21)28-26-29-23-11-4-5-12-24(23)30-26/h1-17H,(H,27,31)(H2,28,29,30). The van der Waals surface area contributed by atoms with E-state index in [1.54, 1.807) is 0 Å². The summed E-state index contributed by atoms with van der Waals surface area (Å²) >= 11 is 0. The topological polar surface area (TPSA) is 69.8 Å². The summed E-state index contributed by atoms with van der Waals surface area (Å²) in [5.41, 5.74) is 6.21. The zero-order valence-corrected chi connectivity index (χ0v) is 16.7. The molecule has 5 heteroatoms. The number of para-hydroxylation sites is 2. The molecule has 0 fully saturated rings. The highest BCUT2D eigenvalue weighted by Crippen LogP contribution is 2.22. The smallest absolute Gasteiger partial charge is 0.255 e. The number of rotatable bonds is 5. The highest BCUT2D eigenvalue weighted by Gasteiger charge is 2.08. The number of nitrogens with one attached hydrogen (secondary N) is 3. The number of hydrogen-bond acceptors (Lipinski definition) is 3. The van der Waals surface area contributed by atoms with Gasteiger partial charge in [0.1, 0.15) is 0 Å². The molecule has 5 nitrogen and oxygen atoms in total. The van der Waals surface area contributed by atoms with E-state index in [-0.39, 0.29) is 5.91 Å². The lowest BCUT2D eigenvalue weighted by atomic mass is 10.0. The molecule has 5 aromatic rings. The minimum Gasteiger partial charge on any atom is -0.326 e. The Morgan fingerprint density at radius 1 is 0.710 bits per heavy atom. The van der Waals surface area contributed by atoms with Crippen molar-refractivity contribution in [2.24, 2.45) is 0 Å². The Morgan fingerprint density at radius 3 is 2.23 bits per heavy atom. The van der Waals surface area contributed by atoms with Crippen molar-refractivity contribution in [2.45, 2.75) is 0 Å². The maximum Gasteiger partial charge on any atom is 0.255 e. The predicted molar refractivity (Wildman–Crippen MR) is 126 cm³/mol. The van der Waals surface area contributed by atoms with Crippen LogP contribution in [0.5, 0.6) is 0 Å². The number of fused-ring (bicyclic) bond motifs is 1. The van der Waals surface area contributed by atoms with Crippen molar-refractivity contribution < 1.29 is 4.79 Å². The molecule has 0 bridgehead atoms. The number of carbonyl (C=O) groups excluding carboxylic acids is 1. The van der Waals surface area contributed by atoms with Gasteiger partial charge < -0.3 is 15.6 Å². The molecule has 0 unspecified atom stereocenters. The molecule has 1 aromatic heterocycles. The van der Waals surface area contributed by atoms with Gasteiger partial charge in [0.2, 0.25) is 5.95 Å². The van der Waals surface area contributed by atoms with Crippen molar-refractivity contribution in [3.05, 3.63) is 109 Å². The Hall–Kier alpha value is -4.38. The van der Waals surface area contributed by atoms with Crippen molar-refractivity contribution >= 4 is 34.3 Å². The SMILES string of the molecule is O=C(Nc1cccc(Nc2nc3ccccc3[nH]2)c1)c1ccc(-c2ccccc2)cc1. The maximum absolute atomic E-state index is 12.7. The molecule has 5 rings (SSSR count). The van der Waals surface area contributed by atoms with E-state index in [2.05, 4.69) is 32.7 Å². The number of anilines is 3. The van der Waals surface area contributed by atoms with Gasteiger partial charge in [-0.05, 0) is 53.6 Å². The quantitative estimate of drug-likeness (QED) is 0.325. The van der Waals surface area contributed by atoms with Gasteiger partial charge >= 0.3 is 0 Å². The number of aromatic nitrogens is 2. The fourth-order valence-corrected chi connectivity index (χ4v) is 3.47. The maximum atomic E-state index is 12.7. The largest absolute Gasteiger partial charge is 0.326 e. The van der Waals surface area contributed by atoms with Crippen LogP contribution in [0.25, 0.3) is 22.2 Å². The predicted octanol–water partition coefficient (Wildman–Crippen LogP) is 6.23. The summed E-state index contributed by atoms with van der Waals surface area (Å²) in [5, 5.41) is 6.22. The molecule has 1 amide bonds. The molecule has 0 saturated heterocycles. The van der Waals surface area contributed by atoms with E-state index in [1.807, 2.05) is 91.0 Å². The molecular formula is C26H20N4O. The minimum absolute atomic E-state index is 0.152. The number of H-pyrrole nitrogens is 1. The number of nitrogens with zero attached hydrogens (tertiary/aromatic N) is 1.